The zero-order chi connectivity index (χ0) is 26.9. The summed E-state index contributed by atoms with van der Waals surface area (Å²) in [4.78, 5) is 28.2. The highest BCUT2D eigenvalue weighted by Gasteiger charge is 2.40. The second-order valence-electron chi connectivity index (χ2n) is 9.57. The Morgan fingerprint density at radius 1 is 1.00 bits per heavy atom. The van der Waals surface area contributed by atoms with E-state index in [1.54, 1.807) is 17.9 Å². The number of piperidine rings is 1. The topological polar surface area (TPSA) is 73.3 Å². The maximum absolute atomic E-state index is 13.6. The van der Waals surface area contributed by atoms with Crippen LogP contribution < -0.4 is 4.90 Å². The van der Waals surface area contributed by atoms with E-state index in [9.17, 15) is 41.0 Å². The van der Waals surface area contributed by atoms with Gasteiger partial charge < -0.3 is 19.6 Å². The van der Waals surface area contributed by atoms with Crippen molar-refractivity contribution in [3.05, 3.63) is 29.3 Å². The fourth-order valence-corrected chi connectivity index (χ4v) is 4.22. The van der Waals surface area contributed by atoms with E-state index < -0.39 is 41.5 Å². The molecule has 0 spiro atoms. The third-order valence-corrected chi connectivity index (χ3v) is 6.83. The molecule has 1 N–H and O–H groups in total. The summed E-state index contributed by atoms with van der Waals surface area (Å²) in [6.07, 6.45) is -12.0. The predicted octanol–water partition coefficient (Wildman–Crippen LogP) is 4.60. The molecule has 2 fully saturated rings. The minimum Gasteiger partial charge on any atom is -0.481 e. The van der Waals surface area contributed by atoms with Crippen LogP contribution in [0.5, 0.6) is 0 Å². The molecule has 13 heteroatoms. The summed E-state index contributed by atoms with van der Waals surface area (Å²) in [6, 6.07) is 3.76. The molecular formula is C23H29F6N3O4. The SMILES string of the molecule is CC(OC(=O)N1CCN(Cc2cc(N3CCC(C)(C(=O)O)CC3)cc(C(F)(F)F)c2)CC1)C(F)(F)F. The van der Waals surface area contributed by atoms with Gasteiger partial charge in [-0.3, -0.25) is 9.69 Å². The molecule has 2 saturated heterocycles. The molecule has 0 aromatic heterocycles. The number of aliphatic carboxylic acids is 1. The normalized spacial score (nSPS) is 20.2. The molecular weight excluding hydrogens is 496 g/mol. The van der Waals surface area contributed by atoms with Gasteiger partial charge in [0, 0.05) is 51.5 Å². The van der Waals surface area contributed by atoms with Crippen LogP contribution in [0.3, 0.4) is 0 Å². The van der Waals surface area contributed by atoms with Gasteiger partial charge in [-0.05, 0) is 50.5 Å². The Labute approximate surface area is 204 Å². The minimum atomic E-state index is -4.67. The number of benzene rings is 1. The number of piperazine rings is 1. The van der Waals surface area contributed by atoms with Crippen molar-refractivity contribution in [3.8, 4) is 0 Å². The number of carboxylic acid groups (broad SMARTS) is 1. The number of hydrogen-bond donors (Lipinski definition) is 1. The second-order valence-corrected chi connectivity index (χ2v) is 9.57. The Morgan fingerprint density at radius 2 is 1.58 bits per heavy atom. The summed E-state index contributed by atoms with van der Waals surface area (Å²) in [5.74, 6) is -0.928. The van der Waals surface area contributed by atoms with E-state index in [0.29, 0.717) is 37.2 Å². The Bertz CT molecular complexity index is 952. The number of amides is 1. The number of anilines is 1. The van der Waals surface area contributed by atoms with Crippen LogP contribution in [0.4, 0.5) is 36.8 Å². The van der Waals surface area contributed by atoms with Crippen molar-refractivity contribution >= 4 is 17.7 Å². The smallest absolute Gasteiger partial charge is 0.425 e. The molecule has 36 heavy (non-hydrogen) atoms. The Kier molecular flexibility index (Phi) is 8.01. The first-order chi connectivity index (χ1) is 16.6. The molecule has 1 atom stereocenters. The Balaban J connectivity index is 1.66. The lowest BCUT2D eigenvalue weighted by Gasteiger charge is -2.38. The standard InChI is InChI=1S/C23H29F6N3O4/c1-15(22(24,25)26)36-20(35)32-9-7-30(8-10-32)14-16-11-17(23(27,28)29)13-18(12-16)31-5-3-21(2,4-6-31)19(33)34/h11-13,15H,3-10,14H2,1-2H3,(H,33,34). The Morgan fingerprint density at radius 3 is 2.08 bits per heavy atom. The molecule has 1 aromatic carbocycles. The highest BCUT2D eigenvalue weighted by molar-refractivity contribution is 5.74. The van der Waals surface area contributed by atoms with Gasteiger partial charge in [-0.25, -0.2) is 4.79 Å². The summed E-state index contributed by atoms with van der Waals surface area (Å²) >= 11 is 0. The van der Waals surface area contributed by atoms with Crippen molar-refractivity contribution < 1.29 is 45.8 Å². The van der Waals surface area contributed by atoms with Gasteiger partial charge in [0.1, 0.15) is 0 Å². The number of rotatable bonds is 5. The van der Waals surface area contributed by atoms with Gasteiger partial charge in [0.25, 0.3) is 0 Å². The summed E-state index contributed by atoms with van der Waals surface area (Å²) in [7, 11) is 0. The van der Waals surface area contributed by atoms with Gasteiger partial charge in [-0.2, -0.15) is 26.3 Å². The van der Waals surface area contributed by atoms with Crippen LogP contribution in [-0.4, -0.2) is 78.5 Å². The molecule has 3 rings (SSSR count). The van der Waals surface area contributed by atoms with E-state index in [1.807, 2.05) is 4.90 Å². The number of nitrogens with zero attached hydrogens (tertiary/aromatic N) is 3. The number of ether oxygens (including phenoxy) is 1. The molecule has 2 aliphatic heterocycles. The molecule has 2 aliphatic rings. The average Bonchev–Trinajstić information content (AvgIpc) is 2.78. The monoisotopic (exact) mass is 525 g/mol. The number of carbonyl (C=O) groups excluding carboxylic acids is 1. The van der Waals surface area contributed by atoms with E-state index in [-0.39, 0.29) is 32.7 Å². The average molecular weight is 525 g/mol. The lowest BCUT2D eigenvalue weighted by atomic mass is 9.80. The lowest BCUT2D eigenvalue weighted by molar-refractivity contribution is -0.200. The van der Waals surface area contributed by atoms with E-state index in [1.165, 1.54) is 0 Å². The van der Waals surface area contributed by atoms with Gasteiger partial charge in [0.05, 0.1) is 11.0 Å². The largest absolute Gasteiger partial charge is 0.481 e. The molecule has 7 nitrogen and oxygen atoms in total. The second kappa shape index (κ2) is 10.3. The van der Waals surface area contributed by atoms with Gasteiger partial charge in [0.15, 0.2) is 6.10 Å². The van der Waals surface area contributed by atoms with Crippen LogP contribution in [-0.2, 0) is 22.3 Å². The van der Waals surface area contributed by atoms with Crippen molar-refractivity contribution in [1.29, 1.82) is 0 Å². The Hall–Kier alpha value is -2.70. The number of alkyl halides is 6. The summed E-state index contributed by atoms with van der Waals surface area (Å²) in [5, 5.41) is 9.41. The van der Waals surface area contributed by atoms with Crippen LogP contribution in [0.2, 0.25) is 0 Å². The quantitative estimate of drug-likeness (QED) is 0.567. The number of halogens is 6. The summed E-state index contributed by atoms with van der Waals surface area (Å²) < 4.78 is 83.1. The first kappa shape index (κ1) is 27.9. The fraction of sp³-hybridized carbons (Fsp3) is 0.652. The number of hydrogen-bond acceptors (Lipinski definition) is 5. The van der Waals surface area contributed by atoms with Crippen LogP contribution in [0.15, 0.2) is 18.2 Å². The highest BCUT2D eigenvalue weighted by atomic mass is 19.4. The maximum Gasteiger partial charge on any atom is 0.425 e. The van der Waals surface area contributed by atoms with E-state index in [0.717, 1.165) is 24.0 Å². The van der Waals surface area contributed by atoms with Gasteiger partial charge in [0.2, 0.25) is 0 Å². The van der Waals surface area contributed by atoms with Gasteiger partial charge in [-0.1, -0.05) is 0 Å². The predicted molar refractivity (Wildman–Crippen MR) is 117 cm³/mol. The molecule has 1 amide bonds. The third kappa shape index (κ3) is 6.74. The molecule has 2 heterocycles. The van der Waals surface area contributed by atoms with Crippen molar-refractivity contribution in [2.45, 2.75) is 51.7 Å². The van der Waals surface area contributed by atoms with Crippen LogP contribution >= 0.6 is 0 Å². The zero-order valence-corrected chi connectivity index (χ0v) is 20.0. The van der Waals surface area contributed by atoms with Crippen molar-refractivity contribution in [1.82, 2.24) is 9.80 Å². The molecule has 0 radical (unpaired) electrons. The fourth-order valence-electron chi connectivity index (χ4n) is 4.22. The molecule has 1 aromatic rings. The molecule has 0 bridgehead atoms. The molecule has 1 unspecified atom stereocenters. The maximum atomic E-state index is 13.6. The first-order valence-corrected chi connectivity index (χ1v) is 11.5. The highest BCUT2D eigenvalue weighted by Crippen LogP contribution is 2.37. The van der Waals surface area contributed by atoms with Crippen LogP contribution in [0.1, 0.15) is 37.8 Å². The van der Waals surface area contributed by atoms with Crippen molar-refractivity contribution in [2.75, 3.05) is 44.2 Å². The number of carboxylic acids is 1. The number of carbonyl (C=O) groups is 2. The summed E-state index contributed by atoms with van der Waals surface area (Å²) in [5.41, 5.74) is -0.978. The third-order valence-electron chi connectivity index (χ3n) is 6.83. The molecule has 0 saturated carbocycles. The molecule has 0 aliphatic carbocycles. The van der Waals surface area contributed by atoms with Gasteiger partial charge >= 0.3 is 24.4 Å². The minimum absolute atomic E-state index is 0.0785. The van der Waals surface area contributed by atoms with Gasteiger partial charge in [-0.15, -0.1) is 0 Å². The summed E-state index contributed by atoms with van der Waals surface area (Å²) in [6.45, 7) is 3.79. The van der Waals surface area contributed by atoms with Crippen molar-refractivity contribution in [2.24, 2.45) is 5.41 Å². The molecule has 202 valence electrons. The van der Waals surface area contributed by atoms with Crippen LogP contribution in [0, 0.1) is 5.41 Å². The zero-order valence-electron chi connectivity index (χ0n) is 20.0. The van der Waals surface area contributed by atoms with E-state index >= 15 is 0 Å². The van der Waals surface area contributed by atoms with Crippen molar-refractivity contribution in [3.63, 3.8) is 0 Å². The van der Waals surface area contributed by atoms with E-state index in [2.05, 4.69) is 4.74 Å². The first-order valence-electron chi connectivity index (χ1n) is 11.5. The van der Waals surface area contributed by atoms with E-state index in [4.69, 9.17) is 0 Å². The van der Waals surface area contributed by atoms with Crippen LogP contribution in [0.25, 0.3) is 0 Å². The lowest BCUT2D eigenvalue weighted by Crippen LogP contribution is -2.49.